The van der Waals surface area contributed by atoms with Gasteiger partial charge in [-0.15, -0.1) is 0 Å². The van der Waals surface area contributed by atoms with E-state index in [2.05, 4.69) is 15.3 Å². The lowest BCUT2D eigenvalue weighted by atomic mass is 10.3. The number of carbonyl (C=O) groups excluding carboxylic acids is 1. The number of nitrogens with zero attached hydrogens (tertiary/aromatic N) is 3. The lowest BCUT2D eigenvalue weighted by molar-refractivity contribution is -0.118. The average molecular weight is 319 g/mol. The molecule has 0 bridgehead atoms. The average Bonchev–Trinajstić information content (AvgIpc) is 2.49. The van der Waals surface area contributed by atoms with Crippen LogP contribution < -0.4 is 22.5 Å². The van der Waals surface area contributed by atoms with Crippen molar-refractivity contribution in [2.75, 3.05) is 38.2 Å². The Balaban J connectivity index is 1.89. The number of benzene rings is 1. The molecule has 0 radical (unpaired) electrons. The summed E-state index contributed by atoms with van der Waals surface area (Å²) in [5.74, 6) is -0.254. The van der Waals surface area contributed by atoms with Gasteiger partial charge in [-0.1, -0.05) is 0 Å². The van der Waals surface area contributed by atoms with Crippen LogP contribution in [0, 0.1) is 0 Å². The molecule has 0 unspecified atom stereocenters. The van der Waals surface area contributed by atoms with Gasteiger partial charge in [0.15, 0.2) is 5.96 Å². The van der Waals surface area contributed by atoms with E-state index in [4.69, 9.17) is 21.9 Å². The van der Waals surface area contributed by atoms with E-state index >= 15 is 0 Å². The fraction of sp³-hybridized carbons (Fsp3) is 0.357. The number of morpholine rings is 1. The molecule has 0 aromatic heterocycles. The van der Waals surface area contributed by atoms with Gasteiger partial charge >= 0.3 is 0 Å². The molecule has 1 aliphatic rings. The number of rotatable bonds is 4. The molecule has 9 heteroatoms. The highest BCUT2D eigenvalue weighted by Gasteiger charge is 2.14. The van der Waals surface area contributed by atoms with Crippen LogP contribution in [0.3, 0.4) is 0 Å². The van der Waals surface area contributed by atoms with Crippen LogP contribution in [0.5, 0.6) is 0 Å². The molecule has 0 saturated carbocycles. The number of carbonyl (C=O) groups is 1. The zero-order chi connectivity index (χ0) is 16.7. The van der Waals surface area contributed by atoms with E-state index in [1.54, 1.807) is 24.3 Å². The molecule has 1 aliphatic heterocycles. The van der Waals surface area contributed by atoms with E-state index in [-0.39, 0.29) is 17.8 Å². The van der Waals surface area contributed by atoms with Gasteiger partial charge in [0.25, 0.3) is 0 Å². The molecule has 1 amide bonds. The van der Waals surface area contributed by atoms with Crippen LogP contribution in [0.1, 0.15) is 0 Å². The molecule has 23 heavy (non-hydrogen) atoms. The van der Waals surface area contributed by atoms with Gasteiger partial charge in [-0.3, -0.25) is 9.69 Å². The van der Waals surface area contributed by atoms with E-state index < -0.39 is 0 Å². The van der Waals surface area contributed by atoms with Gasteiger partial charge < -0.3 is 27.3 Å². The molecule has 1 aromatic carbocycles. The predicted octanol–water partition coefficient (Wildman–Crippen LogP) is -0.823. The van der Waals surface area contributed by atoms with Gasteiger partial charge in [-0.2, -0.15) is 4.99 Å². The zero-order valence-electron chi connectivity index (χ0n) is 12.7. The fourth-order valence-corrected chi connectivity index (χ4v) is 2.07. The lowest BCUT2D eigenvalue weighted by Gasteiger charge is -2.25. The van der Waals surface area contributed by atoms with E-state index in [0.717, 1.165) is 13.1 Å². The van der Waals surface area contributed by atoms with Crippen LogP contribution in [0.2, 0.25) is 0 Å². The van der Waals surface area contributed by atoms with Crippen molar-refractivity contribution < 1.29 is 9.53 Å². The Labute approximate surface area is 134 Å². The summed E-state index contributed by atoms with van der Waals surface area (Å²) in [6, 6.07) is 6.89. The Kier molecular flexibility index (Phi) is 5.89. The summed E-state index contributed by atoms with van der Waals surface area (Å²) in [6.45, 7) is 3.21. The van der Waals surface area contributed by atoms with Crippen LogP contribution in [-0.4, -0.2) is 55.6 Å². The molecule has 0 atom stereocenters. The molecule has 1 saturated heterocycles. The van der Waals surface area contributed by atoms with Gasteiger partial charge in [-0.25, -0.2) is 4.99 Å². The number of hydrogen-bond donors (Lipinski definition) is 4. The van der Waals surface area contributed by atoms with Gasteiger partial charge in [0.2, 0.25) is 11.9 Å². The number of nitrogens with two attached hydrogens (primary N) is 3. The van der Waals surface area contributed by atoms with Gasteiger partial charge in [0.05, 0.1) is 25.4 Å². The fourth-order valence-electron chi connectivity index (χ4n) is 2.07. The minimum Gasteiger partial charge on any atom is -0.379 e. The largest absolute Gasteiger partial charge is 0.379 e. The Hall–Kier alpha value is -2.65. The number of anilines is 1. The lowest BCUT2D eigenvalue weighted by Crippen LogP contribution is -2.41. The summed E-state index contributed by atoms with van der Waals surface area (Å²) in [7, 11) is 0. The number of amides is 1. The van der Waals surface area contributed by atoms with E-state index in [0.29, 0.717) is 31.1 Å². The van der Waals surface area contributed by atoms with Crippen LogP contribution in [-0.2, 0) is 9.53 Å². The maximum absolute atomic E-state index is 12.0. The molecule has 1 fully saturated rings. The first-order chi connectivity index (χ1) is 11.0. The van der Waals surface area contributed by atoms with Crippen molar-refractivity contribution in [3.63, 3.8) is 0 Å². The van der Waals surface area contributed by atoms with E-state index in [1.165, 1.54) is 0 Å². The first kappa shape index (κ1) is 16.7. The number of ether oxygens (including phenoxy) is 1. The Bertz CT molecular complexity index is 588. The van der Waals surface area contributed by atoms with Crippen molar-refractivity contribution in [3.05, 3.63) is 24.3 Å². The van der Waals surface area contributed by atoms with E-state index in [9.17, 15) is 4.79 Å². The molecule has 1 heterocycles. The first-order valence-corrected chi connectivity index (χ1v) is 7.17. The second-order valence-corrected chi connectivity index (χ2v) is 4.99. The number of nitrogens with one attached hydrogen (secondary N) is 1. The molecule has 0 aliphatic carbocycles. The summed E-state index contributed by atoms with van der Waals surface area (Å²) < 4.78 is 5.25. The minimum absolute atomic E-state index is 0.0332. The summed E-state index contributed by atoms with van der Waals surface area (Å²) in [5, 5.41) is 2.83. The maximum atomic E-state index is 12.0. The van der Waals surface area contributed by atoms with Gasteiger partial charge in [0, 0.05) is 18.8 Å². The summed E-state index contributed by atoms with van der Waals surface area (Å²) in [6.07, 6.45) is 0. The quantitative estimate of drug-likeness (QED) is 0.421. The molecule has 124 valence electrons. The van der Waals surface area contributed by atoms with Crippen molar-refractivity contribution in [3.8, 4) is 0 Å². The third-order valence-electron chi connectivity index (χ3n) is 3.11. The molecular formula is C14H21N7O2. The van der Waals surface area contributed by atoms with Gasteiger partial charge in [-0.05, 0) is 24.3 Å². The smallest absolute Gasteiger partial charge is 0.238 e. The second-order valence-electron chi connectivity index (χ2n) is 4.99. The standard InChI is InChI=1S/C14H21N7O2/c15-13(16)20-14(17)19-11-3-1-10(2-4-11)18-12(22)9-21-5-7-23-8-6-21/h1-4H,5-9H2,(H,18,22)(H6,15,16,17,19,20). The third-order valence-corrected chi connectivity index (χ3v) is 3.11. The Morgan fingerprint density at radius 2 is 1.83 bits per heavy atom. The van der Waals surface area contributed by atoms with Crippen LogP contribution in [0.15, 0.2) is 34.3 Å². The topological polar surface area (TPSA) is 144 Å². The van der Waals surface area contributed by atoms with Crippen molar-refractivity contribution >= 4 is 29.2 Å². The number of guanidine groups is 2. The maximum Gasteiger partial charge on any atom is 0.238 e. The summed E-state index contributed by atoms with van der Waals surface area (Å²) >= 11 is 0. The zero-order valence-corrected chi connectivity index (χ0v) is 12.7. The van der Waals surface area contributed by atoms with Crippen molar-refractivity contribution in [1.29, 1.82) is 0 Å². The SMILES string of the molecule is NC(N)=NC(N)=Nc1ccc(NC(=O)CN2CCOCC2)cc1. The highest BCUT2D eigenvalue weighted by Crippen LogP contribution is 2.16. The van der Waals surface area contributed by atoms with Crippen LogP contribution in [0.4, 0.5) is 11.4 Å². The van der Waals surface area contributed by atoms with Crippen molar-refractivity contribution in [1.82, 2.24) is 4.90 Å². The molecule has 0 spiro atoms. The summed E-state index contributed by atoms with van der Waals surface area (Å²) in [4.78, 5) is 21.7. The first-order valence-electron chi connectivity index (χ1n) is 7.17. The molecule has 9 nitrogen and oxygen atoms in total. The van der Waals surface area contributed by atoms with E-state index in [1.807, 2.05) is 4.90 Å². The highest BCUT2D eigenvalue weighted by molar-refractivity contribution is 5.94. The van der Waals surface area contributed by atoms with Crippen LogP contribution in [0.25, 0.3) is 0 Å². The second kappa shape index (κ2) is 8.11. The number of aliphatic imine (C=N–C) groups is 2. The molecular weight excluding hydrogens is 298 g/mol. The Morgan fingerprint density at radius 1 is 1.17 bits per heavy atom. The summed E-state index contributed by atoms with van der Waals surface area (Å²) in [5.41, 5.74) is 17.2. The third kappa shape index (κ3) is 5.93. The molecule has 2 rings (SSSR count). The van der Waals surface area contributed by atoms with Gasteiger partial charge in [0.1, 0.15) is 0 Å². The minimum atomic E-state index is -0.154. The Morgan fingerprint density at radius 3 is 2.43 bits per heavy atom. The highest BCUT2D eigenvalue weighted by atomic mass is 16.5. The molecule has 7 N–H and O–H groups in total. The molecule has 1 aromatic rings. The monoisotopic (exact) mass is 319 g/mol. The predicted molar refractivity (Wildman–Crippen MR) is 89.4 cm³/mol. The van der Waals surface area contributed by atoms with Crippen LogP contribution >= 0.6 is 0 Å². The number of hydrogen-bond acceptors (Lipinski definition) is 4. The van der Waals surface area contributed by atoms with Crippen molar-refractivity contribution in [2.45, 2.75) is 0 Å². The normalized spacial score (nSPS) is 15.9. The van der Waals surface area contributed by atoms with Crippen molar-refractivity contribution in [2.24, 2.45) is 27.2 Å².